The van der Waals surface area contributed by atoms with Crippen molar-refractivity contribution in [1.82, 2.24) is 19.4 Å². The number of rotatable bonds is 7. The van der Waals surface area contributed by atoms with Gasteiger partial charge in [-0.15, -0.1) is 0 Å². The number of amides is 1. The van der Waals surface area contributed by atoms with Crippen LogP contribution in [0.4, 0.5) is 0 Å². The molecule has 9 heteroatoms. The zero-order valence-electron chi connectivity index (χ0n) is 16.9. The Bertz CT molecular complexity index is 1040. The van der Waals surface area contributed by atoms with E-state index in [1.807, 2.05) is 0 Å². The Hall–Kier alpha value is -2.97. The summed E-state index contributed by atoms with van der Waals surface area (Å²) in [6, 6.07) is 0. The lowest BCUT2D eigenvalue weighted by atomic mass is 10.00. The van der Waals surface area contributed by atoms with Crippen LogP contribution in [-0.4, -0.2) is 39.1 Å². The van der Waals surface area contributed by atoms with E-state index in [4.69, 9.17) is 4.74 Å². The number of esters is 1. The third-order valence-electron chi connectivity index (χ3n) is 4.73. The molecule has 0 spiro atoms. The second-order valence-electron chi connectivity index (χ2n) is 6.61. The fourth-order valence-electron chi connectivity index (χ4n) is 3.17. The third-order valence-corrected chi connectivity index (χ3v) is 4.73. The molecule has 0 bridgehead atoms. The van der Waals surface area contributed by atoms with Gasteiger partial charge in [-0.2, -0.15) is 0 Å². The highest BCUT2D eigenvalue weighted by molar-refractivity contribution is 5.81. The predicted molar refractivity (Wildman–Crippen MR) is 104 cm³/mol. The maximum absolute atomic E-state index is 12.6. The van der Waals surface area contributed by atoms with Gasteiger partial charge in [0.25, 0.3) is 5.56 Å². The lowest BCUT2D eigenvalue weighted by molar-refractivity contribution is -0.143. The van der Waals surface area contributed by atoms with E-state index >= 15 is 0 Å². The predicted octanol–water partition coefficient (Wildman–Crippen LogP) is 0.251. The molecule has 0 radical (unpaired) electrons. The first-order valence-corrected chi connectivity index (χ1v) is 9.17. The average Bonchev–Trinajstić information content (AvgIpc) is 2.64. The Kier molecular flexibility index (Phi) is 6.71. The number of aryl methyl sites for hydroxylation is 3. The number of carbonyl (C=O) groups is 2. The zero-order valence-corrected chi connectivity index (χ0v) is 16.9. The molecule has 0 unspecified atom stereocenters. The molecule has 0 aromatic carbocycles. The van der Waals surface area contributed by atoms with Crippen LogP contribution in [0.3, 0.4) is 0 Å². The van der Waals surface area contributed by atoms with Crippen LogP contribution in [0, 0.1) is 13.8 Å². The van der Waals surface area contributed by atoms with Gasteiger partial charge in [0.2, 0.25) is 5.91 Å². The van der Waals surface area contributed by atoms with Gasteiger partial charge in [-0.1, -0.05) is 0 Å². The number of hydrogen-bond donors (Lipinski definition) is 1. The molecule has 9 nitrogen and oxygen atoms in total. The summed E-state index contributed by atoms with van der Waals surface area (Å²) in [5.41, 5.74) is 1.71. The van der Waals surface area contributed by atoms with E-state index in [9.17, 15) is 19.2 Å². The molecule has 2 aromatic heterocycles. The molecule has 2 aromatic rings. The van der Waals surface area contributed by atoms with Crippen molar-refractivity contribution in [2.24, 2.45) is 14.1 Å². The van der Waals surface area contributed by atoms with E-state index in [2.05, 4.69) is 10.3 Å². The quantitative estimate of drug-likeness (QED) is 0.678. The summed E-state index contributed by atoms with van der Waals surface area (Å²) in [5, 5.41) is 3.07. The molecule has 28 heavy (non-hydrogen) atoms. The number of aromatic nitrogens is 3. The minimum Gasteiger partial charge on any atom is -0.466 e. The number of carbonyl (C=O) groups excluding carboxylic acids is 2. The normalized spacial score (nSPS) is 10.9. The number of fused-ring (bicyclic) bond motifs is 1. The SMILES string of the molecule is CCOC(=O)CCNC(=O)CCc1c(C)nc2c(c1C)c(=O)n(C)c(=O)n2C. The molecule has 0 aliphatic carbocycles. The van der Waals surface area contributed by atoms with Crippen molar-refractivity contribution in [3.8, 4) is 0 Å². The van der Waals surface area contributed by atoms with Gasteiger partial charge in [-0.3, -0.25) is 23.5 Å². The summed E-state index contributed by atoms with van der Waals surface area (Å²) in [6.45, 7) is 5.85. The largest absolute Gasteiger partial charge is 0.466 e. The minimum atomic E-state index is -0.433. The Morgan fingerprint density at radius 2 is 1.79 bits per heavy atom. The minimum absolute atomic E-state index is 0.124. The summed E-state index contributed by atoms with van der Waals surface area (Å²) in [6.07, 6.45) is 0.723. The summed E-state index contributed by atoms with van der Waals surface area (Å²) in [5.74, 6) is -0.550. The van der Waals surface area contributed by atoms with Gasteiger partial charge in [0.1, 0.15) is 5.65 Å². The van der Waals surface area contributed by atoms with Gasteiger partial charge in [-0.25, -0.2) is 9.78 Å². The Balaban J connectivity index is 2.20. The van der Waals surface area contributed by atoms with Crippen LogP contribution in [0.15, 0.2) is 9.59 Å². The van der Waals surface area contributed by atoms with E-state index in [0.717, 1.165) is 15.7 Å². The van der Waals surface area contributed by atoms with E-state index in [0.29, 0.717) is 29.8 Å². The lowest BCUT2D eigenvalue weighted by Crippen LogP contribution is -2.38. The van der Waals surface area contributed by atoms with Gasteiger partial charge in [0.05, 0.1) is 18.4 Å². The topological polar surface area (TPSA) is 112 Å². The standard InChI is InChI=1S/C19H26N4O5/c1-6-28-15(25)9-10-20-14(24)8-7-13-11(2)16-17(21-12(13)3)22(4)19(27)23(5)18(16)26/h6-10H2,1-5H3,(H,20,24). The van der Waals surface area contributed by atoms with Crippen molar-refractivity contribution in [3.63, 3.8) is 0 Å². The molecular weight excluding hydrogens is 364 g/mol. The van der Waals surface area contributed by atoms with E-state index in [1.54, 1.807) is 27.8 Å². The summed E-state index contributed by atoms with van der Waals surface area (Å²) in [7, 11) is 3.01. The first kappa shape index (κ1) is 21.3. The fraction of sp³-hybridized carbons (Fsp3) is 0.526. The molecule has 0 fully saturated rings. The van der Waals surface area contributed by atoms with Crippen molar-refractivity contribution in [1.29, 1.82) is 0 Å². The van der Waals surface area contributed by atoms with Gasteiger partial charge in [-0.05, 0) is 38.3 Å². The molecule has 0 aliphatic rings. The Labute approximate surface area is 162 Å². The molecule has 1 N–H and O–H groups in total. The summed E-state index contributed by atoms with van der Waals surface area (Å²) < 4.78 is 7.21. The van der Waals surface area contributed by atoms with E-state index in [1.165, 1.54) is 11.6 Å². The van der Waals surface area contributed by atoms with Gasteiger partial charge < -0.3 is 10.1 Å². The molecule has 0 atom stereocenters. The highest BCUT2D eigenvalue weighted by Gasteiger charge is 2.17. The lowest BCUT2D eigenvalue weighted by Gasteiger charge is -2.14. The van der Waals surface area contributed by atoms with Crippen LogP contribution in [0.2, 0.25) is 0 Å². The number of nitrogens with one attached hydrogen (secondary N) is 1. The third kappa shape index (κ3) is 4.29. The van der Waals surface area contributed by atoms with Gasteiger partial charge >= 0.3 is 11.7 Å². The molecule has 0 aliphatic heterocycles. The highest BCUT2D eigenvalue weighted by atomic mass is 16.5. The van der Waals surface area contributed by atoms with Crippen molar-refractivity contribution in [3.05, 3.63) is 37.7 Å². The summed E-state index contributed by atoms with van der Waals surface area (Å²) >= 11 is 0. The van der Waals surface area contributed by atoms with Crippen LogP contribution in [-0.2, 0) is 34.8 Å². The summed E-state index contributed by atoms with van der Waals surface area (Å²) in [4.78, 5) is 52.5. The van der Waals surface area contributed by atoms with Crippen molar-refractivity contribution in [2.75, 3.05) is 13.2 Å². The number of ether oxygens (including phenoxy) is 1. The highest BCUT2D eigenvalue weighted by Crippen LogP contribution is 2.20. The van der Waals surface area contributed by atoms with Crippen LogP contribution >= 0.6 is 0 Å². The van der Waals surface area contributed by atoms with Crippen molar-refractivity contribution in [2.45, 2.75) is 40.0 Å². The first-order chi connectivity index (χ1) is 13.2. The number of pyridine rings is 1. The molecule has 0 saturated heterocycles. The zero-order chi connectivity index (χ0) is 21.0. The van der Waals surface area contributed by atoms with Crippen LogP contribution in [0.25, 0.3) is 11.0 Å². The number of hydrogen-bond acceptors (Lipinski definition) is 6. The van der Waals surface area contributed by atoms with E-state index < -0.39 is 11.2 Å². The molecular formula is C19H26N4O5. The number of nitrogens with zero attached hydrogens (tertiary/aromatic N) is 3. The molecule has 2 rings (SSSR count). The average molecular weight is 390 g/mol. The maximum Gasteiger partial charge on any atom is 0.332 e. The van der Waals surface area contributed by atoms with Crippen LogP contribution in [0.1, 0.15) is 36.6 Å². The van der Waals surface area contributed by atoms with Crippen molar-refractivity contribution >= 4 is 22.9 Å². The van der Waals surface area contributed by atoms with Gasteiger partial charge in [0.15, 0.2) is 0 Å². The second kappa shape index (κ2) is 8.81. The van der Waals surface area contributed by atoms with Gasteiger partial charge in [0, 0.05) is 32.8 Å². The monoisotopic (exact) mass is 390 g/mol. The Morgan fingerprint density at radius 1 is 1.11 bits per heavy atom. The smallest absolute Gasteiger partial charge is 0.332 e. The van der Waals surface area contributed by atoms with Crippen molar-refractivity contribution < 1.29 is 14.3 Å². The Morgan fingerprint density at radius 3 is 2.43 bits per heavy atom. The second-order valence-corrected chi connectivity index (χ2v) is 6.61. The van der Waals surface area contributed by atoms with Crippen LogP contribution < -0.4 is 16.6 Å². The molecule has 0 saturated carbocycles. The first-order valence-electron chi connectivity index (χ1n) is 9.17. The molecule has 152 valence electrons. The molecule has 2 heterocycles. The fourth-order valence-corrected chi connectivity index (χ4v) is 3.17. The molecule has 1 amide bonds. The maximum atomic E-state index is 12.6. The van der Waals surface area contributed by atoms with Crippen LogP contribution in [0.5, 0.6) is 0 Å². The van der Waals surface area contributed by atoms with E-state index in [-0.39, 0.29) is 31.3 Å².